The third kappa shape index (κ3) is 4.83. The van der Waals surface area contributed by atoms with E-state index in [2.05, 4.69) is 16.9 Å². The smallest absolute Gasteiger partial charge is 0.254 e. The lowest BCUT2D eigenvalue weighted by atomic mass is 10.2. The van der Waals surface area contributed by atoms with Crippen LogP contribution in [0.3, 0.4) is 0 Å². The summed E-state index contributed by atoms with van der Waals surface area (Å²) in [6.07, 6.45) is 3.65. The predicted molar refractivity (Wildman–Crippen MR) is 68.5 cm³/mol. The third-order valence-electron chi connectivity index (χ3n) is 1.60. The molecule has 0 saturated carbocycles. The fraction of sp³-hybridized carbons (Fsp3) is 0.455. The fourth-order valence-electron chi connectivity index (χ4n) is 1.05. The maximum Gasteiger partial charge on any atom is 0.254 e. The molecule has 0 aromatic heterocycles. The summed E-state index contributed by atoms with van der Waals surface area (Å²) < 4.78 is 0. The van der Waals surface area contributed by atoms with Crippen molar-refractivity contribution in [2.75, 3.05) is 19.8 Å². The van der Waals surface area contributed by atoms with E-state index in [1.165, 1.54) is 11.8 Å². The number of hydrogen-bond donors (Lipinski definition) is 1. The number of aliphatic imine (C=N–C) groups is 1. The Morgan fingerprint density at radius 3 is 2.53 bits per heavy atom. The summed E-state index contributed by atoms with van der Waals surface area (Å²) >= 11 is 1.45. The lowest BCUT2D eigenvalue weighted by molar-refractivity contribution is -0.116. The van der Waals surface area contributed by atoms with E-state index in [4.69, 9.17) is 0 Å². The largest absolute Gasteiger partial charge is 0.352 e. The van der Waals surface area contributed by atoms with Crippen molar-refractivity contribution >= 4 is 22.7 Å². The molecule has 0 spiro atoms. The van der Waals surface area contributed by atoms with Crippen molar-refractivity contribution in [3.8, 4) is 0 Å². The number of allylic oxidation sites excluding steroid dienone is 2. The van der Waals surface area contributed by atoms with Crippen LogP contribution < -0.4 is 5.32 Å². The van der Waals surface area contributed by atoms with Gasteiger partial charge in [-0.05, 0) is 26.2 Å². The Bertz CT molecular complexity index is 306. The number of nitrogens with one attached hydrogen (secondary N) is 1. The van der Waals surface area contributed by atoms with Crippen molar-refractivity contribution in [3.05, 3.63) is 23.8 Å². The van der Waals surface area contributed by atoms with Gasteiger partial charge in [-0.1, -0.05) is 12.2 Å². The van der Waals surface area contributed by atoms with E-state index < -0.39 is 0 Å². The number of nitrogens with zero attached hydrogens (tertiary/aromatic N) is 1. The maximum atomic E-state index is 11.7. The van der Waals surface area contributed by atoms with E-state index in [0.29, 0.717) is 12.1 Å². The average Bonchev–Trinajstić information content (AvgIpc) is 2.18. The Balaban J connectivity index is 5.06. The minimum Gasteiger partial charge on any atom is -0.352 e. The Labute approximate surface area is 95.7 Å². The number of rotatable bonds is 4. The minimum absolute atomic E-state index is 0.101. The number of thioether (sulfide) groups is 1. The lowest BCUT2D eigenvalue weighted by Gasteiger charge is -2.08. The van der Waals surface area contributed by atoms with Crippen LogP contribution in [0, 0.1) is 0 Å². The standard InChI is InChI=1S/C11H18N2OS/c1-6-13-10(14)9(7-8(2)3)11(12-4)15-5/h7H,2,6H2,1,3-5H3,(H,13,14)/b9-7-,12-11?. The summed E-state index contributed by atoms with van der Waals surface area (Å²) in [5, 5.41) is 3.48. The highest BCUT2D eigenvalue weighted by molar-refractivity contribution is 8.13. The van der Waals surface area contributed by atoms with Gasteiger partial charge in [-0.25, -0.2) is 0 Å². The monoisotopic (exact) mass is 226 g/mol. The third-order valence-corrected chi connectivity index (χ3v) is 2.39. The van der Waals surface area contributed by atoms with E-state index in [0.717, 1.165) is 10.6 Å². The summed E-state index contributed by atoms with van der Waals surface area (Å²) in [6, 6.07) is 0. The molecule has 84 valence electrons. The van der Waals surface area contributed by atoms with Crippen molar-refractivity contribution in [2.45, 2.75) is 13.8 Å². The maximum absolute atomic E-state index is 11.7. The van der Waals surface area contributed by atoms with Crippen LogP contribution in [-0.4, -0.2) is 30.8 Å². The molecule has 0 radical (unpaired) electrons. The first-order valence-corrected chi connectivity index (χ1v) is 5.95. The van der Waals surface area contributed by atoms with E-state index in [1.807, 2.05) is 20.1 Å². The Morgan fingerprint density at radius 1 is 1.60 bits per heavy atom. The van der Waals surface area contributed by atoms with Gasteiger partial charge in [-0.15, -0.1) is 11.8 Å². The minimum atomic E-state index is -0.101. The first-order valence-electron chi connectivity index (χ1n) is 4.73. The topological polar surface area (TPSA) is 41.5 Å². The molecule has 3 nitrogen and oxygen atoms in total. The number of carbonyl (C=O) groups excluding carboxylic acids is 1. The molecule has 0 unspecified atom stereocenters. The Kier molecular flexibility index (Phi) is 6.79. The van der Waals surface area contributed by atoms with Crippen LogP contribution in [0.25, 0.3) is 0 Å². The first-order chi connectivity index (χ1) is 7.06. The van der Waals surface area contributed by atoms with Gasteiger partial charge in [-0.2, -0.15) is 0 Å². The molecular weight excluding hydrogens is 208 g/mol. The van der Waals surface area contributed by atoms with Gasteiger partial charge in [0.1, 0.15) is 5.04 Å². The van der Waals surface area contributed by atoms with Gasteiger partial charge < -0.3 is 5.32 Å². The summed E-state index contributed by atoms with van der Waals surface area (Å²) in [5.74, 6) is -0.101. The zero-order chi connectivity index (χ0) is 11.8. The summed E-state index contributed by atoms with van der Waals surface area (Å²) in [5.41, 5.74) is 1.42. The van der Waals surface area contributed by atoms with Gasteiger partial charge in [0.05, 0.1) is 5.57 Å². The van der Waals surface area contributed by atoms with Gasteiger partial charge in [0.2, 0.25) is 0 Å². The molecule has 4 heteroatoms. The average molecular weight is 226 g/mol. The van der Waals surface area contributed by atoms with Crippen LogP contribution in [0.5, 0.6) is 0 Å². The van der Waals surface area contributed by atoms with E-state index in [-0.39, 0.29) is 5.91 Å². The van der Waals surface area contributed by atoms with Crippen molar-refractivity contribution < 1.29 is 4.79 Å². The summed E-state index contributed by atoms with van der Waals surface area (Å²) in [7, 11) is 1.68. The quantitative estimate of drug-likeness (QED) is 0.345. The van der Waals surface area contributed by atoms with Gasteiger partial charge in [0, 0.05) is 13.6 Å². The van der Waals surface area contributed by atoms with Crippen molar-refractivity contribution in [1.29, 1.82) is 0 Å². The second kappa shape index (κ2) is 7.29. The van der Waals surface area contributed by atoms with Crippen molar-refractivity contribution in [3.63, 3.8) is 0 Å². The molecular formula is C11H18N2OS. The normalized spacial score (nSPS) is 12.5. The second-order valence-corrected chi connectivity index (χ2v) is 3.79. The van der Waals surface area contributed by atoms with Crippen molar-refractivity contribution in [1.82, 2.24) is 5.32 Å². The predicted octanol–water partition coefficient (Wildman–Crippen LogP) is 2.02. The number of amides is 1. The van der Waals surface area contributed by atoms with Crippen LogP contribution in [0.15, 0.2) is 28.8 Å². The zero-order valence-corrected chi connectivity index (χ0v) is 10.6. The Hall–Kier alpha value is -1.03. The molecule has 0 bridgehead atoms. The molecule has 1 N–H and O–H groups in total. The number of hydrogen-bond acceptors (Lipinski definition) is 3. The van der Waals surface area contributed by atoms with Crippen LogP contribution in [0.2, 0.25) is 0 Å². The lowest BCUT2D eigenvalue weighted by Crippen LogP contribution is -2.27. The van der Waals surface area contributed by atoms with Crippen LogP contribution in [-0.2, 0) is 4.79 Å². The zero-order valence-electron chi connectivity index (χ0n) is 9.76. The summed E-state index contributed by atoms with van der Waals surface area (Å²) in [6.45, 7) is 8.12. The van der Waals surface area contributed by atoms with E-state index in [9.17, 15) is 4.79 Å². The molecule has 0 aliphatic rings. The van der Waals surface area contributed by atoms with Gasteiger partial charge in [0.25, 0.3) is 5.91 Å². The van der Waals surface area contributed by atoms with E-state index in [1.54, 1.807) is 13.1 Å². The SMILES string of the molecule is C=C(C)/C=C(/C(=O)NCC)C(=NC)SC. The second-order valence-electron chi connectivity index (χ2n) is 3.00. The molecule has 0 rings (SSSR count). The highest BCUT2D eigenvalue weighted by Crippen LogP contribution is 2.12. The molecule has 0 aliphatic heterocycles. The molecule has 0 atom stereocenters. The van der Waals surface area contributed by atoms with Crippen LogP contribution in [0.1, 0.15) is 13.8 Å². The van der Waals surface area contributed by atoms with Crippen molar-refractivity contribution in [2.24, 2.45) is 4.99 Å². The van der Waals surface area contributed by atoms with Crippen LogP contribution in [0.4, 0.5) is 0 Å². The molecule has 0 fully saturated rings. The fourth-order valence-corrected chi connectivity index (χ4v) is 1.60. The van der Waals surface area contributed by atoms with Gasteiger partial charge >= 0.3 is 0 Å². The molecule has 0 aliphatic carbocycles. The van der Waals surface area contributed by atoms with Crippen LogP contribution >= 0.6 is 11.8 Å². The molecule has 0 saturated heterocycles. The van der Waals surface area contributed by atoms with Gasteiger partial charge in [0.15, 0.2) is 0 Å². The highest BCUT2D eigenvalue weighted by Gasteiger charge is 2.13. The number of carbonyl (C=O) groups is 1. The summed E-state index contributed by atoms with van der Waals surface area (Å²) in [4.78, 5) is 15.8. The molecule has 1 amide bonds. The molecule has 15 heavy (non-hydrogen) atoms. The van der Waals surface area contributed by atoms with E-state index >= 15 is 0 Å². The first kappa shape index (κ1) is 14.0. The molecule has 0 aromatic carbocycles. The molecule has 0 heterocycles. The highest BCUT2D eigenvalue weighted by atomic mass is 32.2. The molecule has 0 aromatic rings. The van der Waals surface area contributed by atoms with Gasteiger partial charge in [-0.3, -0.25) is 9.79 Å². The number of likely N-dealkylation sites (N-methyl/N-ethyl adjacent to an activating group) is 1. The Morgan fingerprint density at radius 2 is 2.20 bits per heavy atom.